The molecule has 0 atom stereocenters. The van der Waals surface area contributed by atoms with Crippen molar-refractivity contribution in [3.8, 4) is 0 Å². The summed E-state index contributed by atoms with van der Waals surface area (Å²) >= 11 is 6.43. The van der Waals surface area contributed by atoms with Crippen LogP contribution in [0.15, 0.2) is 60.0 Å². The van der Waals surface area contributed by atoms with Crippen molar-refractivity contribution >= 4 is 63.0 Å². The highest BCUT2D eigenvalue weighted by Crippen LogP contribution is 2.44. The minimum atomic E-state index is -0.387. The quantitative estimate of drug-likeness (QED) is 0.412. The van der Waals surface area contributed by atoms with E-state index in [4.69, 9.17) is 12.2 Å². The first kappa shape index (κ1) is 22.0. The Labute approximate surface area is 196 Å². The number of anilines is 2. The average molecular weight is 464 g/mol. The molecule has 3 amide bonds. The van der Waals surface area contributed by atoms with Gasteiger partial charge in [-0.2, -0.15) is 0 Å². The molecule has 0 aromatic heterocycles. The normalized spacial score (nSPS) is 17.8. The summed E-state index contributed by atoms with van der Waals surface area (Å²) in [5.41, 5.74) is 4.12. The number of benzene rings is 2. The summed E-state index contributed by atoms with van der Waals surface area (Å²) in [6.07, 6.45) is 1.59. The molecule has 2 aliphatic heterocycles. The number of hydrogen-bond donors (Lipinski definition) is 1. The molecular formula is C24H21N3O3S2. The van der Waals surface area contributed by atoms with E-state index >= 15 is 0 Å². The first-order valence-corrected chi connectivity index (χ1v) is 11.2. The van der Waals surface area contributed by atoms with Crippen molar-refractivity contribution in [1.82, 2.24) is 4.90 Å². The number of para-hydroxylation sites is 2. The molecule has 0 spiro atoms. The first-order valence-electron chi connectivity index (χ1n) is 9.99. The number of carbonyl (C=O) groups excluding carboxylic acids is 3. The third-order valence-corrected chi connectivity index (χ3v) is 6.81. The van der Waals surface area contributed by atoms with Crippen molar-refractivity contribution in [2.45, 2.75) is 13.8 Å². The van der Waals surface area contributed by atoms with Gasteiger partial charge in [-0.05, 0) is 31.0 Å². The Hall–Kier alpha value is -3.23. The first-order chi connectivity index (χ1) is 15.3. The van der Waals surface area contributed by atoms with Crippen molar-refractivity contribution in [2.75, 3.05) is 23.3 Å². The predicted octanol–water partition coefficient (Wildman–Crippen LogP) is 4.05. The maximum absolute atomic E-state index is 13.4. The lowest BCUT2D eigenvalue weighted by Gasteiger charge is -2.18. The van der Waals surface area contributed by atoms with Gasteiger partial charge in [-0.25, -0.2) is 0 Å². The smallest absolute Gasteiger partial charge is 0.267 e. The van der Waals surface area contributed by atoms with Crippen molar-refractivity contribution < 1.29 is 14.4 Å². The Kier molecular flexibility index (Phi) is 5.99. The van der Waals surface area contributed by atoms with Crippen LogP contribution in [0.25, 0.3) is 5.57 Å². The third-order valence-electron chi connectivity index (χ3n) is 5.36. The maximum atomic E-state index is 13.4. The maximum Gasteiger partial charge on any atom is 0.267 e. The second-order valence-electron chi connectivity index (χ2n) is 7.50. The SMILES string of the molecule is C=CCN1C(=O)C(=C2C(=O)N(CC(=O)Nc3c(C)cccc3C)c3ccccc32)SC1=S. The summed E-state index contributed by atoms with van der Waals surface area (Å²) in [7, 11) is 0. The van der Waals surface area contributed by atoms with Crippen LogP contribution in [0.1, 0.15) is 16.7 Å². The Morgan fingerprint density at radius 1 is 1.06 bits per heavy atom. The van der Waals surface area contributed by atoms with Gasteiger partial charge < -0.3 is 5.32 Å². The molecule has 4 rings (SSSR count). The Balaban J connectivity index is 1.67. The van der Waals surface area contributed by atoms with Gasteiger partial charge in [0.1, 0.15) is 10.9 Å². The number of aryl methyl sites for hydroxylation is 2. The number of carbonyl (C=O) groups is 3. The molecule has 8 heteroatoms. The van der Waals surface area contributed by atoms with Gasteiger partial charge in [0.25, 0.3) is 11.8 Å². The van der Waals surface area contributed by atoms with Gasteiger partial charge in [0.05, 0.1) is 16.2 Å². The number of nitrogens with zero attached hydrogens (tertiary/aromatic N) is 2. The lowest BCUT2D eigenvalue weighted by molar-refractivity contribution is -0.122. The Morgan fingerprint density at radius 2 is 1.75 bits per heavy atom. The van der Waals surface area contributed by atoms with Crippen molar-refractivity contribution in [1.29, 1.82) is 0 Å². The molecule has 0 aliphatic carbocycles. The number of rotatable bonds is 5. The van der Waals surface area contributed by atoms with Gasteiger partial charge >= 0.3 is 0 Å². The van der Waals surface area contributed by atoms with Crippen LogP contribution >= 0.6 is 24.0 Å². The van der Waals surface area contributed by atoms with Gasteiger partial charge in [0.2, 0.25) is 5.91 Å². The molecule has 2 aromatic carbocycles. The summed E-state index contributed by atoms with van der Waals surface area (Å²) in [5, 5.41) is 2.92. The van der Waals surface area contributed by atoms with Gasteiger partial charge in [-0.15, -0.1) is 6.58 Å². The minimum Gasteiger partial charge on any atom is -0.324 e. The summed E-state index contributed by atoms with van der Waals surface area (Å²) < 4.78 is 0.383. The highest BCUT2D eigenvalue weighted by atomic mass is 32.2. The predicted molar refractivity (Wildman–Crippen MR) is 132 cm³/mol. The summed E-state index contributed by atoms with van der Waals surface area (Å²) in [5.74, 6) is -1.02. The van der Waals surface area contributed by atoms with Crippen LogP contribution in [-0.4, -0.2) is 40.0 Å². The fraction of sp³-hybridized carbons (Fsp3) is 0.167. The average Bonchev–Trinajstić information content (AvgIpc) is 3.19. The summed E-state index contributed by atoms with van der Waals surface area (Å²) in [4.78, 5) is 42.4. The topological polar surface area (TPSA) is 69.7 Å². The molecular weight excluding hydrogens is 442 g/mol. The van der Waals surface area contributed by atoms with Gasteiger partial charge in [0.15, 0.2) is 0 Å². The monoisotopic (exact) mass is 463 g/mol. The van der Waals surface area contributed by atoms with Crippen molar-refractivity contribution in [3.05, 3.63) is 76.7 Å². The third kappa shape index (κ3) is 3.76. The van der Waals surface area contributed by atoms with E-state index < -0.39 is 0 Å². The van der Waals surface area contributed by atoms with Crippen LogP contribution in [0, 0.1) is 13.8 Å². The molecule has 6 nitrogen and oxygen atoms in total. The fourth-order valence-electron chi connectivity index (χ4n) is 3.83. The minimum absolute atomic E-state index is 0.167. The van der Waals surface area contributed by atoms with E-state index in [1.54, 1.807) is 30.3 Å². The lowest BCUT2D eigenvalue weighted by Crippen LogP contribution is -2.36. The molecule has 1 saturated heterocycles. The second kappa shape index (κ2) is 8.72. The highest BCUT2D eigenvalue weighted by Gasteiger charge is 2.42. The number of nitrogens with one attached hydrogen (secondary N) is 1. The van der Waals surface area contributed by atoms with E-state index in [1.165, 1.54) is 9.80 Å². The van der Waals surface area contributed by atoms with Crippen molar-refractivity contribution in [2.24, 2.45) is 0 Å². The van der Waals surface area contributed by atoms with E-state index in [-0.39, 0.29) is 41.3 Å². The summed E-state index contributed by atoms with van der Waals surface area (Å²) in [6.45, 7) is 7.61. The largest absolute Gasteiger partial charge is 0.324 e. The summed E-state index contributed by atoms with van der Waals surface area (Å²) in [6, 6.07) is 12.9. The van der Waals surface area contributed by atoms with Gasteiger partial charge in [-0.3, -0.25) is 24.2 Å². The molecule has 0 radical (unpaired) electrons. The molecule has 1 fully saturated rings. The molecule has 162 valence electrons. The zero-order valence-corrected chi connectivity index (χ0v) is 19.3. The van der Waals surface area contributed by atoms with Gasteiger partial charge in [-0.1, -0.05) is 66.5 Å². The molecule has 2 aliphatic rings. The fourth-order valence-corrected chi connectivity index (χ4v) is 5.17. The second-order valence-corrected chi connectivity index (χ2v) is 9.14. The van der Waals surface area contributed by atoms with Crippen LogP contribution < -0.4 is 10.2 Å². The van der Waals surface area contributed by atoms with Crippen LogP contribution in [0.2, 0.25) is 0 Å². The molecule has 0 bridgehead atoms. The number of fused-ring (bicyclic) bond motifs is 1. The molecule has 0 unspecified atom stereocenters. The lowest BCUT2D eigenvalue weighted by atomic mass is 10.1. The van der Waals surface area contributed by atoms with E-state index in [0.29, 0.717) is 15.6 Å². The number of thiocarbonyl (C=S) groups is 1. The van der Waals surface area contributed by atoms with E-state index in [9.17, 15) is 14.4 Å². The molecule has 0 saturated carbocycles. The van der Waals surface area contributed by atoms with E-state index in [1.807, 2.05) is 32.0 Å². The van der Waals surface area contributed by atoms with Crippen LogP contribution in [0.4, 0.5) is 11.4 Å². The molecule has 2 aromatic rings. The molecule has 32 heavy (non-hydrogen) atoms. The Bertz CT molecular complexity index is 1200. The standard InChI is InChI=1S/C24H21N3O3S2/c1-4-12-26-23(30)21(32-24(26)31)19-16-10-5-6-11-17(16)27(22(19)29)13-18(28)25-20-14(2)8-7-9-15(20)3/h4-11H,1,12-13H2,2-3H3,(H,25,28). The van der Waals surface area contributed by atoms with Crippen LogP contribution in [0.5, 0.6) is 0 Å². The van der Waals surface area contributed by atoms with Crippen LogP contribution in [-0.2, 0) is 14.4 Å². The number of hydrogen-bond acceptors (Lipinski definition) is 5. The molecule has 2 heterocycles. The molecule has 1 N–H and O–H groups in total. The number of thioether (sulfide) groups is 1. The van der Waals surface area contributed by atoms with E-state index in [2.05, 4.69) is 11.9 Å². The van der Waals surface area contributed by atoms with Crippen LogP contribution in [0.3, 0.4) is 0 Å². The zero-order chi connectivity index (χ0) is 23.0. The number of amides is 3. The Morgan fingerprint density at radius 3 is 2.44 bits per heavy atom. The van der Waals surface area contributed by atoms with Gasteiger partial charge in [0, 0.05) is 17.8 Å². The zero-order valence-electron chi connectivity index (χ0n) is 17.7. The van der Waals surface area contributed by atoms with E-state index in [0.717, 1.165) is 28.6 Å². The van der Waals surface area contributed by atoms with Crippen molar-refractivity contribution in [3.63, 3.8) is 0 Å². The highest BCUT2D eigenvalue weighted by molar-refractivity contribution is 8.26.